The second-order valence-corrected chi connectivity index (χ2v) is 11.8. The smallest absolute Gasteiger partial charge is 0.216 e. The Morgan fingerprint density at radius 2 is 1.60 bits per heavy atom. The van der Waals surface area contributed by atoms with Crippen molar-refractivity contribution in [2.24, 2.45) is 0 Å². The van der Waals surface area contributed by atoms with Crippen molar-refractivity contribution in [2.45, 2.75) is 89.6 Å². The summed E-state index contributed by atoms with van der Waals surface area (Å²) < 4.78 is 2.11. The van der Waals surface area contributed by atoms with E-state index < -0.39 is 0 Å². The van der Waals surface area contributed by atoms with E-state index in [2.05, 4.69) is 50.8 Å². The molecule has 0 radical (unpaired) electrons. The highest BCUT2D eigenvalue weighted by Gasteiger charge is 2.28. The number of rotatable bonds is 5. The van der Waals surface area contributed by atoms with Gasteiger partial charge in [-0.15, -0.1) is 5.10 Å². The summed E-state index contributed by atoms with van der Waals surface area (Å²) in [6, 6.07) is 10.0. The van der Waals surface area contributed by atoms with Gasteiger partial charge in [0.2, 0.25) is 10.1 Å². The van der Waals surface area contributed by atoms with Crippen LogP contribution in [0.2, 0.25) is 0 Å². The molecule has 6 nitrogen and oxygen atoms in total. The van der Waals surface area contributed by atoms with E-state index in [0.29, 0.717) is 6.04 Å². The van der Waals surface area contributed by atoms with Crippen LogP contribution in [-0.2, 0) is 0 Å². The molecule has 0 unspecified atom stereocenters. The lowest BCUT2D eigenvalue weighted by atomic mass is 9.94. The fourth-order valence-corrected chi connectivity index (χ4v) is 7.28. The van der Waals surface area contributed by atoms with Crippen LogP contribution in [0, 0.1) is 6.92 Å². The molecule has 3 fully saturated rings. The highest BCUT2D eigenvalue weighted by molar-refractivity contribution is 7.20. The number of hydrogen-bond donors (Lipinski definition) is 1. The van der Waals surface area contributed by atoms with E-state index in [9.17, 15) is 0 Å². The molecule has 3 heterocycles. The lowest BCUT2D eigenvalue weighted by molar-refractivity contribution is 0.148. The van der Waals surface area contributed by atoms with Gasteiger partial charge in [0.05, 0.1) is 0 Å². The van der Waals surface area contributed by atoms with Crippen LogP contribution >= 0.6 is 11.3 Å². The van der Waals surface area contributed by atoms with E-state index in [1.54, 1.807) is 11.3 Å². The lowest BCUT2D eigenvalue weighted by Gasteiger charge is -2.40. The van der Waals surface area contributed by atoms with Crippen molar-refractivity contribution < 1.29 is 0 Å². The third-order valence-corrected chi connectivity index (χ3v) is 9.33. The zero-order valence-corrected chi connectivity index (χ0v) is 22.0. The summed E-state index contributed by atoms with van der Waals surface area (Å²) >= 11 is 1.75. The number of imidazole rings is 1. The summed E-state index contributed by atoms with van der Waals surface area (Å²) in [5, 5.41) is 10.2. The number of fused-ring (bicyclic) bond motifs is 1. The molecule has 7 heteroatoms. The van der Waals surface area contributed by atoms with Crippen LogP contribution < -0.4 is 10.2 Å². The van der Waals surface area contributed by atoms with Crippen LogP contribution in [0.3, 0.4) is 0 Å². The van der Waals surface area contributed by atoms with Gasteiger partial charge in [0.25, 0.3) is 0 Å². The van der Waals surface area contributed by atoms with Gasteiger partial charge in [0.1, 0.15) is 5.69 Å². The number of nitrogens with one attached hydrogen (secondary N) is 1. The minimum Gasteiger partial charge on any atom is -0.365 e. The quantitative estimate of drug-likeness (QED) is 0.420. The fraction of sp³-hybridized carbons (Fsp3) is 0.643. The number of nitrogens with zero attached hydrogens (tertiary/aromatic N) is 5. The van der Waals surface area contributed by atoms with Gasteiger partial charge in [-0.05, 0) is 38.7 Å². The number of anilines is 2. The Balaban J connectivity index is 1.26. The average molecular weight is 493 g/mol. The molecular weight excluding hydrogens is 452 g/mol. The van der Waals surface area contributed by atoms with Gasteiger partial charge < -0.3 is 10.2 Å². The largest absolute Gasteiger partial charge is 0.365 e. The summed E-state index contributed by atoms with van der Waals surface area (Å²) in [6.07, 6.45) is 14.9. The normalized spacial score (nSPS) is 21.5. The van der Waals surface area contributed by atoms with Gasteiger partial charge in [0.15, 0.2) is 5.82 Å². The first kappa shape index (κ1) is 23.3. The lowest BCUT2D eigenvalue weighted by Crippen LogP contribution is -2.50. The molecule has 1 saturated heterocycles. The van der Waals surface area contributed by atoms with Crippen molar-refractivity contribution in [3.05, 3.63) is 29.8 Å². The van der Waals surface area contributed by atoms with Gasteiger partial charge in [-0.25, -0.2) is 4.98 Å². The Kier molecular flexibility index (Phi) is 6.97. The Hall–Kier alpha value is -2.12. The van der Waals surface area contributed by atoms with Crippen molar-refractivity contribution in [1.29, 1.82) is 0 Å². The van der Waals surface area contributed by atoms with E-state index in [4.69, 9.17) is 10.1 Å². The molecular formula is C28H40N6S. The van der Waals surface area contributed by atoms with Crippen LogP contribution in [0.15, 0.2) is 24.3 Å². The first-order valence-corrected chi connectivity index (χ1v) is 14.8. The number of piperazine rings is 1. The van der Waals surface area contributed by atoms with E-state index in [1.807, 2.05) is 0 Å². The summed E-state index contributed by atoms with van der Waals surface area (Å²) in [7, 11) is 0. The van der Waals surface area contributed by atoms with Crippen LogP contribution in [0.4, 0.5) is 10.9 Å². The summed E-state index contributed by atoms with van der Waals surface area (Å²) in [6.45, 7) is 6.62. The monoisotopic (exact) mass is 492 g/mol. The molecule has 188 valence electrons. The fourth-order valence-electron chi connectivity index (χ4n) is 6.33. The maximum Gasteiger partial charge on any atom is 0.216 e. The van der Waals surface area contributed by atoms with Crippen molar-refractivity contribution >= 4 is 27.2 Å². The van der Waals surface area contributed by atoms with Crippen LogP contribution in [0.5, 0.6) is 0 Å². The van der Waals surface area contributed by atoms with Crippen LogP contribution in [0.1, 0.15) is 76.2 Å². The third-order valence-electron chi connectivity index (χ3n) is 8.36. The molecule has 0 spiro atoms. The molecule has 35 heavy (non-hydrogen) atoms. The standard InChI is InChI=1S/C28H40N6S/c1-21-10-9-11-22(20-21)25-26(29-23-12-5-2-3-6-13-23)34-27(30-25)35-28(31-34)33-18-16-32(17-19-33)24-14-7-4-8-15-24/h9-11,20,23-24,29H,2-8,12-19H2,1H3. The second kappa shape index (κ2) is 10.5. The first-order valence-electron chi connectivity index (χ1n) is 14.0. The van der Waals surface area contributed by atoms with E-state index in [1.165, 1.54) is 81.8 Å². The number of aryl methyl sites for hydroxylation is 1. The van der Waals surface area contributed by atoms with Crippen LogP contribution in [-0.4, -0.2) is 57.8 Å². The molecule has 1 aliphatic heterocycles. The van der Waals surface area contributed by atoms with E-state index in [0.717, 1.165) is 53.8 Å². The summed E-state index contributed by atoms with van der Waals surface area (Å²) in [5.41, 5.74) is 3.50. The highest BCUT2D eigenvalue weighted by atomic mass is 32.1. The Labute approximate surface area is 213 Å². The number of hydrogen-bond acceptors (Lipinski definition) is 6. The van der Waals surface area contributed by atoms with E-state index >= 15 is 0 Å². The Morgan fingerprint density at radius 3 is 2.34 bits per heavy atom. The zero-order valence-electron chi connectivity index (χ0n) is 21.2. The molecule has 3 aromatic rings. The maximum absolute atomic E-state index is 5.15. The van der Waals surface area contributed by atoms with Crippen molar-refractivity contribution in [2.75, 3.05) is 36.4 Å². The molecule has 1 aromatic carbocycles. The van der Waals surface area contributed by atoms with Crippen molar-refractivity contribution in [1.82, 2.24) is 19.5 Å². The topological polar surface area (TPSA) is 48.7 Å². The molecule has 2 saturated carbocycles. The van der Waals surface area contributed by atoms with Crippen molar-refractivity contribution in [3.8, 4) is 11.3 Å². The third kappa shape index (κ3) is 5.08. The average Bonchev–Trinajstić information content (AvgIpc) is 3.34. The first-order chi connectivity index (χ1) is 17.2. The maximum atomic E-state index is 5.15. The van der Waals surface area contributed by atoms with Gasteiger partial charge in [0, 0.05) is 43.8 Å². The van der Waals surface area contributed by atoms with Gasteiger partial charge in [-0.3, -0.25) is 4.90 Å². The molecule has 0 bridgehead atoms. The zero-order chi connectivity index (χ0) is 23.6. The highest BCUT2D eigenvalue weighted by Crippen LogP contribution is 2.36. The van der Waals surface area contributed by atoms with Gasteiger partial charge >= 0.3 is 0 Å². The van der Waals surface area contributed by atoms with Gasteiger partial charge in [-0.2, -0.15) is 4.52 Å². The number of aromatic nitrogens is 3. The Morgan fingerprint density at radius 1 is 0.886 bits per heavy atom. The van der Waals surface area contributed by atoms with Gasteiger partial charge in [-0.1, -0.05) is 80.0 Å². The molecule has 2 aliphatic carbocycles. The minimum atomic E-state index is 0.505. The Bertz CT molecular complexity index is 1110. The van der Waals surface area contributed by atoms with E-state index in [-0.39, 0.29) is 0 Å². The molecule has 0 amide bonds. The predicted octanol–water partition coefficient (Wildman–Crippen LogP) is 6.36. The predicted molar refractivity (Wildman–Crippen MR) is 147 cm³/mol. The molecule has 0 atom stereocenters. The summed E-state index contributed by atoms with van der Waals surface area (Å²) in [5.74, 6) is 1.08. The van der Waals surface area contributed by atoms with Crippen LogP contribution in [0.25, 0.3) is 16.2 Å². The molecule has 3 aliphatic rings. The molecule has 1 N–H and O–H groups in total. The molecule has 2 aromatic heterocycles. The second-order valence-electron chi connectivity index (χ2n) is 10.9. The minimum absolute atomic E-state index is 0.505. The number of benzene rings is 1. The molecule has 6 rings (SSSR count). The van der Waals surface area contributed by atoms with Crippen molar-refractivity contribution in [3.63, 3.8) is 0 Å². The summed E-state index contributed by atoms with van der Waals surface area (Å²) in [4.78, 5) is 11.4. The SMILES string of the molecule is Cc1cccc(-c2nc3sc(N4CCN(C5CCCCC5)CC4)nn3c2NC2CCCCCC2)c1.